The molecule has 0 fully saturated rings. The molecule has 0 saturated heterocycles. The molecule has 8 heteroatoms. The largest absolute Gasteiger partial charge is 0.394 e. The Balaban J connectivity index is 3.22. The highest BCUT2D eigenvalue weighted by Gasteiger charge is 2.07. The van der Waals surface area contributed by atoms with Gasteiger partial charge < -0.3 is 38.3 Å². The van der Waals surface area contributed by atoms with Gasteiger partial charge in [-0.1, -0.05) is 46.0 Å². The van der Waals surface area contributed by atoms with Gasteiger partial charge in [0.25, 0.3) is 0 Å². The fourth-order valence-electron chi connectivity index (χ4n) is 2.97. The first-order valence-electron chi connectivity index (χ1n) is 12.5. The zero-order valence-electron chi connectivity index (χ0n) is 20.7. The van der Waals surface area contributed by atoms with Crippen molar-refractivity contribution in [1.82, 2.24) is 0 Å². The summed E-state index contributed by atoms with van der Waals surface area (Å²) in [6.45, 7) is 11.5. The zero-order valence-corrected chi connectivity index (χ0v) is 20.7. The molecule has 194 valence electrons. The van der Waals surface area contributed by atoms with E-state index in [2.05, 4.69) is 13.8 Å². The van der Waals surface area contributed by atoms with Crippen LogP contribution in [0.4, 0.5) is 0 Å². The minimum atomic E-state index is 0.0380. The van der Waals surface area contributed by atoms with Crippen molar-refractivity contribution in [1.29, 1.82) is 0 Å². The van der Waals surface area contributed by atoms with E-state index in [0.717, 1.165) is 12.8 Å². The van der Waals surface area contributed by atoms with Gasteiger partial charge in [0.15, 0.2) is 0 Å². The van der Waals surface area contributed by atoms with Gasteiger partial charge >= 0.3 is 0 Å². The Morgan fingerprint density at radius 3 is 1.31 bits per heavy atom. The van der Waals surface area contributed by atoms with E-state index in [9.17, 15) is 0 Å². The van der Waals surface area contributed by atoms with E-state index in [1.807, 2.05) is 0 Å². The van der Waals surface area contributed by atoms with E-state index in [0.29, 0.717) is 92.0 Å². The Morgan fingerprint density at radius 2 is 0.906 bits per heavy atom. The first kappa shape index (κ1) is 31.7. The predicted octanol–water partition coefficient (Wildman–Crippen LogP) is 3.23. The van der Waals surface area contributed by atoms with E-state index >= 15 is 0 Å². The number of unbranched alkanes of at least 4 members (excludes halogenated alkanes) is 3. The van der Waals surface area contributed by atoms with Crippen LogP contribution in [0.3, 0.4) is 0 Å². The Hall–Kier alpha value is -0.320. The van der Waals surface area contributed by atoms with Gasteiger partial charge in [0.2, 0.25) is 0 Å². The first-order chi connectivity index (χ1) is 15.8. The molecule has 32 heavy (non-hydrogen) atoms. The zero-order chi connectivity index (χ0) is 23.4. The van der Waals surface area contributed by atoms with E-state index in [-0.39, 0.29) is 6.61 Å². The SMILES string of the molecule is CCCCCCC(CCC)OCCOCCOCCOCCOCCOCCOCCO. The van der Waals surface area contributed by atoms with Crippen LogP contribution in [0.1, 0.15) is 58.8 Å². The Kier molecular flexibility index (Phi) is 28.4. The summed E-state index contributed by atoms with van der Waals surface area (Å²) in [6, 6.07) is 0. The first-order valence-corrected chi connectivity index (χ1v) is 12.5. The molecule has 0 heterocycles. The molecule has 1 N–H and O–H groups in total. The maximum Gasteiger partial charge on any atom is 0.0704 e. The molecule has 8 nitrogen and oxygen atoms in total. The molecule has 0 rings (SSSR count). The third kappa shape index (κ3) is 25.9. The minimum absolute atomic E-state index is 0.0380. The van der Waals surface area contributed by atoms with Crippen LogP contribution in [0.25, 0.3) is 0 Å². The molecule has 0 amide bonds. The van der Waals surface area contributed by atoms with Gasteiger partial charge in [-0.05, 0) is 12.8 Å². The van der Waals surface area contributed by atoms with Gasteiger partial charge in [-0.2, -0.15) is 0 Å². The summed E-state index contributed by atoms with van der Waals surface area (Å²) in [5.74, 6) is 0. The maximum absolute atomic E-state index is 8.56. The minimum Gasteiger partial charge on any atom is -0.394 e. The predicted molar refractivity (Wildman–Crippen MR) is 125 cm³/mol. The van der Waals surface area contributed by atoms with Crippen LogP contribution < -0.4 is 0 Å². The van der Waals surface area contributed by atoms with Crippen molar-refractivity contribution in [3.8, 4) is 0 Å². The summed E-state index contributed by atoms with van der Waals surface area (Å²) in [5.41, 5.74) is 0. The van der Waals surface area contributed by atoms with Crippen molar-refractivity contribution < 1.29 is 38.3 Å². The second-order valence-corrected chi connectivity index (χ2v) is 7.53. The standard InChI is InChI=1S/C24H50O8/c1-3-5-6-7-9-24(8-4-2)32-23-22-31-21-20-30-19-18-29-17-16-28-15-14-27-13-12-26-11-10-25/h24-25H,3-23H2,1-2H3. The van der Waals surface area contributed by atoms with E-state index < -0.39 is 0 Å². The van der Waals surface area contributed by atoms with E-state index in [4.69, 9.17) is 38.3 Å². The third-order valence-corrected chi connectivity index (χ3v) is 4.67. The van der Waals surface area contributed by atoms with Crippen molar-refractivity contribution in [3.05, 3.63) is 0 Å². The van der Waals surface area contributed by atoms with Crippen molar-refractivity contribution in [2.75, 3.05) is 92.5 Å². The van der Waals surface area contributed by atoms with Crippen molar-refractivity contribution in [2.45, 2.75) is 64.9 Å². The number of ether oxygens (including phenoxy) is 7. The van der Waals surface area contributed by atoms with Crippen LogP contribution in [0.2, 0.25) is 0 Å². The number of aliphatic hydroxyl groups is 1. The topological polar surface area (TPSA) is 84.8 Å². The lowest BCUT2D eigenvalue weighted by Gasteiger charge is -2.17. The molecule has 1 atom stereocenters. The van der Waals surface area contributed by atoms with Gasteiger partial charge in [-0.3, -0.25) is 0 Å². The average molecular weight is 467 g/mol. The molecule has 0 aromatic rings. The molecule has 0 aromatic carbocycles. The molecule has 0 bridgehead atoms. The summed E-state index contributed by atoms with van der Waals surface area (Å²) in [5, 5.41) is 8.56. The summed E-state index contributed by atoms with van der Waals surface area (Å²) in [6.07, 6.45) is 9.01. The highest BCUT2D eigenvalue weighted by atomic mass is 16.6. The molecule has 0 saturated carbocycles. The quantitative estimate of drug-likeness (QED) is 0.176. The summed E-state index contributed by atoms with van der Waals surface area (Å²) in [4.78, 5) is 0. The fourth-order valence-corrected chi connectivity index (χ4v) is 2.97. The molecule has 0 aliphatic rings. The number of rotatable bonds is 28. The molecule has 0 aliphatic carbocycles. The van der Waals surface area contributed by atoms with E-state index in [1.165, 1.54) is 32.1 Å². The highest BCUT2D eigenvalue weighted by molar-refractivity contribution is 4.58. The molecule has 0 radical (unpaired) electrons. The molecular formula is C24H50O8. The van der Waals surface area contributed by atoms with Gasteiger partial charge in [0.05, 0.1) is 98.6 Å². The Labute approximate surface area is 196 Å². The number of aliphatic hydroxyl groups excluding tert-OH is 1. The highest BCUT2D eigenvalue weighted by Crippen LogP contribution is 2.12. The van der Waals surface area contributed by atoms with E-state index in [1.54, 1.807) is 0 Å². The molecule has 0 spiro atoms. The van der Waals surface area contributed by atoms with Crippen LogP contribution >= 0.6 is 0 Å². The monoisotopic (exact) mass is 466 g/mol. The normalized spacial score (nSPS) is 12.5. The Morgan fingerprint density at radius 1 is 0.469 bits per heavy atom. The molecular weight excluding hydrogens is 416 g/mol. The van der Waals surface area contributed by atoms with Gasteiger partial charge in [-0.15, -0.1) is 0 Å². The van der Waals surface area contributed by atoms with Crippen molar-refractivity contribution >= 4 is 0 Å². The lowest BCUT2D eigenvalue weighted by molar-refractivity contribution is -0.0296. The summed E-state index contributed by atoms with van der Waals surface area (Å²) < 4.78 is 38.3. The van der Waals surface area contributed by atoms with Crippen LogP contribution in [0, 0.1) is 0 Å². The smallest absolute Gasteiger partial charge is 0.0704 e. The van der Waals surface area contributed by atoms with Crippen LogP contribution in [0.5, 0.6) is 0 Å². The second-order valence-electron chi connectivity index (χ2n) is 7.53. The van der Waals surface area contributed by atoms with Crippen molar-refractivity contribution in [3.63, 3.8) is 0 Å². The van der Waals surface area contributed by atoms with Crippen molar-refractivity contribution in [2.24, 2.45) is 0 Å². The van der Waals surface area contributed by atoms with Crippen LogP contribution in [-0.2, 0) is 33.2 Å². The lowest BCUT2D eigenvalue weighted by Crippen LogP contribution is -2.17. The lowest BCUT2D eigenvalue weighted by atomic mass is 10.1. The van der Waals surface area contributed by atoms with Gasteiger partial charge in [0, 0.05) is 0 Å². The Bertz CT molecular complexity index is 333. The van der Waals surface area contributed by atoms with Gasteiger partial charge in [0.1, 0.15) is 0 Å². The fraction of sp³-hybridized carbons (Fsp3) is 1.00. The average Bonchev–Trinajstić information content (AvgIpc) is 2.80. The molecule has 1 unspecified atom stereocenters. The second kappa shape index (κ2) is 28.7. The molecule has 0 aromatic heterocycles. The van der Waals surface area contributed by atoms with Gasteiger partial charge in [-0.25, -0.2) is 0 Å². The molecule has 0 aliphatic heterocycles. The van der Waals surface area contributed by atoms with Crippen LogP contribution in [0.15, 0.2) is 0 Å². The summed E-state index contributed by atoms with van der Waals surface area (Å²) in [7, 11) is 0. The van der Waals surface area contributed by atoms with Crippen LogP contribution in [-0.4, -0.2) is 104 Å². The maximum atomic E-state index is 8.56. The number of hydrogen-bond acceptors (Lipinski definition) is 8. The third-order valence-electron chi connectivity index (χ3n) is 4.67. The number of hydrogen-bond donors (Lipinski definition) is 1. The summed E-state index contributed by atoms with van der Waals surface area (Å²) >= 11 is 0.